The number of benzene rings is 2. The minimum absolute atomic E-state index is 0.342. The number of nitrogens with one attached hydrogen (secondary N) is 1. The molecule has 0 saturated heterocycles. The number of rotatable bonds is 5. The fourth-order valence-electron chi connectivity index (χ4n) is 1.86. The van der Waals surface area contributed by atoms with Gasteiger partial charge in [0.15, 0.2) is 0 Å². The van der Waals surface area contributed by atoms with Gasteiger partial charge in [0.2, 0.25) is 0 Å². The number of hydrogen-bond acceptors (Lipinski definition) is 3. The predicted molar refractivity (Wildman–Crippen MR) is 87.7 cm³/mol. The Morgan fingerprint density at radius 1 is 1.30 bits per heavy atom. The highest BCUT2D eigenvalue weighted by Crippen LogP contribution is 2.22. The predicted octanol–water partition coefficient (Wildman–Crippen LogP) is 3.59. The number of ether oxygens (including phenoxy) is 1. The zero-order chi connectivity index (χ0) is 14.5. The van der Waals surface area contributed by atoms with E-state index in [9.17, 15) is 0 Å². The van der Waals surface area contributed by atoms with Crippen LogP contribution in [0.5, 0.6) is 5.75 Å². The Morgan fingerprint density at radius 2 is 2.10 bits per heavy atom. The highest BCUT2D eigenvalue weighted by atomic mass is 35.5. The molecule has 0 atom stereocenters. The highest BCUT2D eigenvalue weighted by Gasteiger charge is 2.06. The van der Waals surface area contributed by atoms with Gasteiger partial charge in [-0.3, -0.25) is 0 Å². The van der Waals surface area contributed by atoms with Crippen LogP contribution >= 0.6 is 23.8 Å². The smallest absolute Gasteiger partial charge is 0.119 e. The van der Waals surface area contributed by atoms with Crippen LogP contribution in [0.15, 0.2) is 42.5 Å². The number of thiocarbonyl (C=S) groups is 1. The Morgan fingerprint density at radius 3 is 2.80 bits per heavy atom. The van der Waals surface area contributed by atoms with Crippen LogP contribution in [-0.4, -0.2) is 12.1 Å². The average molecular weight is 307 g/mol. The Balaban J connectivity index is 2.17. The molecule has 2 rings (SSSR count). The van der Waals surface area contributed by atoms with Crippen LogP contribution in [0.2, 0.25) is 5.02 Å². The monoisotopic (exact) mass is 306 g/mol. The summed E-state index contributed by atoms with van der Waals surface area (Å²) in [4.78, 5) is 0.342. The first-order valence-electron chi connectivity index (χ1n) is 6.06. The number of hydrogen-bond donors (Lipinski definition) is 2. The molecule has 104 valence electrons. The van der Waals surface area contributed by atoms with Crippen molar-refractivity contribution >= 4 is 34.5 Å². The van der Waals surface area contributed by atoms with Gasteiger partial charge in [0, 0.05) is 22.8 Å². The fraction of sp³-hybridized carbons (Fsp3) is 0.133. The molecule has 0 aromatic heterocycles. The molecule has 2 aromatic rings. The summed E-state index contributed by atoms with van der Waals surface area (Å²) in [6, 6.07) is 13.2. The van der Waals surface area contributed by atoms with E-state index in [1.165, 1.54) is 0 Å². The molecule has 0 aliphatic rings. The molecule has 0 aliphatic carbocycles. The van der Waals surface area contributed by atoms with Crippen molar-refractivity contribution in [3.05, 3.63) is 58.6 Å². The van der Waals surface area contributed by atoms with Gasteiger partial charge in [0.05, 0.1) is 7.11 Å². The first kappa shape index (κ1) is 14.6. The lowest BCUT2D eigenvalue weighted by atomic mass is 10.1. The lowest BCUT2D eigenvalue weighted by Crippen LogP contribution is -2.13. The van der Waals surface area contributed by atoms with Crippen molar-refractivity contribution in [3.8, 4) is 5.75 Å². The molecule has 0 radical (unpaired) electrons. The maximum Gasteiger partial charge on any atom is 0.119 e. The maximum atomic E-state index is 6.01. The summed E-state index contributed by atoms with van der Waals surface area (Å²) in [6.07, 6.45) is 0. The summed E-state index contributed by atoms with van der Waals surface area (Å²) in [5.41, 5.74) is 8.41. The topological polar surface area (TPSA) is 47.3 Å². The van der Waals surface area contributed by atoms with Gasteiger partial charge >= 0.3 is 0 Å². The van der Waals surface area contributed by atoms with E-state index < -0.39 is 0 Å². The third-order valence-electron chi connectivity index (χ3n) is 2.86. The van der Waals surface area contributed by atoms with Crippen LogP contribution in [0, 0.1) is 0 Å². The van der Waals surface area contributed by atoms with Crippen molar-refractivity contribution in [1.29, 1.82) is 0 Å². The van der Waals surface area contributed by atoms with Gasteiger partial charge in [0.25, 0.3) is 0 Å². The SMILES string of the molecule is COc1cccc(CNc2cc(Cl)ccc2C(N)=S)c1. The van der Waals surface area contributed by atoms with Gasteiger partial charge < -0.3 is 15.8 Å². The zero-order valence-corrected chi connectivity index (χ0v) is 12.6. The van der Waals surface area contributed by atoms with Gasteiger partial charge in [-0.05, 0) is 35.9 Å². The van der Waals surface area contributed by atoms with Crippen molar-refractivity contribution in [2.24, 2.45) is 5.73 Å². The second-order valence-electron chi connectivity index (χ2n) is 4.26. The van der Waals surface area contributed by atoms with Crippen LogP contribution in [0.25, 0.3) is 0 Å². The standard InChI is InChI=1S/C15H15ClN2OS/c1-19-12-4-2-3-10(7-12)9-18-14-8-11(16)5-6-13(14)15(17)20/h2-8,18H,9H2,1H3,(H2,17,20). The first-order chi connectivity index (χ1) is 9.60. The lowest BCUT2D eigenvalue weighted by Gasteiger charge is -2.12. The molecule has 3 nitrogen and oxygen atoms in total. The van der Waals surface area contributed by atoms with Gasteiger partial charge in [-0.2, -0.15) is 0 Å². The molecule has 2 aromatic carbocycles. The summed E-state index contributed by atoms with van der Waals surface area (Å²) in [6.45, 7) is 0.632. The summed E-state index contributed by atoms with van der Waals surface area (Å²) in [5.74, 6) is 0.824. The number of halogens is 1. The van der Waals surface area contributed by atoms with Crippen molar-refractivity contribution < 1.29 is 4.74 Å². The van der Waals surface area contributed by atoms with E-state index in [0.717, 1.165) is 22.6 Å². The summed E-state index contributed by atoms with van der Waals surface area (Å²) in [5, 5.41) is 3.93. The lowest BCUT2D eigenvalue weighted by molar-refractivity contribution is 0.414. The molecule has 0 aliphatic heterocycles. The third-order valence-corrected chi connectivity index (χ3v) is 3.32. The largest absolute Gasteiger partial charge is 0.497 e. The van der Waals surface area contributed by atoms with E-state index in [1.54, 1.807) is 13.2 Å². The van der Waals surface area contributed by atoms with Crippen molar-refractivity contribution in [3.63, 3.8) is 0 Å². The molecule has 0 bridgehead atoms. The maximum absolute atomic E-state index is 6.01. The average Bonchev–Trinajstić information content (AvgIpc) is 2.45. The first-order valence-corrected chi connectivity index (χ1v) is 6.85. The highest BCUT2D eigenvalue weighted by molar-refractivity contribution is 7.80. The fourth-order valence-corrected chi connectivity index (χ4v) is 2.21. The molecule has 0 spiro atoms. The van der Waals surface area contributed by atoms with Gasteiger partial charge in [-0.1, -0.05) is 36.0 Å². The summed E-state index contributed by atoms with van der Waals surface area (Å²) < 4.78 is 5.20. The molecule has 0 unspecified atom stereocenters. The molecular formula is C15H15ClN2OS. The van der Waals surface area contributed by atoms with Crippen molar-refractivity contribution in [2.75, 3.05) is 12.4 Å². The van der Waals surface area contributed by atoms with Crippen LogP contribution < -0.4 is 15.8 Å². The molecule has 20 heavy (non-hydrogen) atoms. The normalized spacial score (nSPS) is 10.1. The number of methoxy groups -OCH3 is 1. The summed E-state index contributed by atoms with van der Waals surface area (Å²) >= 11 is 11.0. The Hall–Kier alpha value is -1.78. The van der Waals surface area contributed by atoms with E-state index in [1.807, 2.05) is 36.4 Å². The van der Waals surface area contributed by atoms with E-state index in [4.69, 9.17) is 34.3 Å². The Labute approximate surface area is 128 Å². The van der Waals surface area contributed by atoms with Crippen LogP contribution in [-0.2, 0) is 6.54 Å². The van der Waals surface area contributed by atoms with E-state index >= 15 is 0 Å². The molecule has 0 fully saturated rings. The van der Waals surface area contributed by atoms with E-state index in [2.05, 4.69) is 5.32 Å². The Kier molecular flexibility index (Phi) is 4.82. The molecular weight excluding hydrogens is 292 g/mol. The number of anilines is 1. The van der Waals surface area contributed by atoms with Gasteiger partial charge in [0.1, 0.15) is 10.7 Å². The third kappa shape index (κ3) is 3.62. The molecule has 3 N–H and O–H groups in total. The quantitative estimate of drug-likeness (QED) is 0.829. The second-order valence-corrected chi connectivity index (χ2v) is 5.14. The second kappa shape index (κ2) is 6.59. The van der Waals surface area contributed by atoms with Gasteiger partial charge in [-0.15, -0.1) is 0 Å². The molecule has 5 heteroatoms. The molecule has 0 heterocycles. The molecule has 0 amide bonds. The number of nitrogens with two attached hydrogens (primary N) is 1. The van der Waals surface area contributed by atoms with Crippen LogP contribution in [0.1, 0.15) is 11.1 Å². The zero-order valence-electron chi connectivity index (χ0n) is 11.0. The van der Waals surface area contributed by atoms with Crippen molar-refractivity contribution in [2.45, 2.75) is 6.54 Å². The van der Waals surface area contributed by atoms with Crippen LogP contribution in [0.4, 0.5) is 5.69 Å². The van der Waals surface area contributed by atoms with Crippen molar-refractivity contribution in [1.82, 2.24) is 0 Å². The summed E-state index contributed by atoms with van der Waals surface area (Å²) in [7, 11) is 1.65. The van der Waals surface area contributed by atoms with Crippen LogP contribution in [0.3, 0.4) is 0 Å². The minimum Gasteiger partial charge on any atom is -0.497 e. The van der Waals surface area contributed by atoms with Gasteiger partial charge in [-0.25, -0.2) is 0 Å². The van der Waals surface area contributed by atoms with E-state index in [0.29, 0.717) is 16.6 Å². The Bertz CT molecular complexity index is 631. The minimum atomic E-state index is 0.342. The van der Waals surface area contributed by atoms with E-state index in [-0.39, 0.29) is 0 Å². The molecule has 0 saturated carbocycles.